The Bertz CT molecular complexity index is 1640. The Morgan fingerprint density at radius 1 is 1.00 bits per heavy atom. The van der Waals surface area contributed by atoms with Crippen molar-refractivity contribution in [2.75, 3.05) is 11.6 Å². The lowest BCUT2D eigenvalue weighted by molar-refractivity contribution is 0.0999. The second-order valence-electron chi connectivity index (χ2n) is 8.02. The molecular weight excluding hydrogens is 474 g/mol. The van der Waals surface area contributed by atoms with Gasteiger partial charge >= 0.3 is 0 Å². The minimum absolute atomic E-state index is 0.181. The highest BCUT2D eigenvalue weighted by atomic mass is 32.2. The van der Waals surface area contributed by atoms with Gasteiger partial charge < -0.3 is 5.32 Å². The lowest BCUT2D eigenvalue weighted by Crippen LogP contribution is -2.16. The van der Waals surface area contributed by atoms with Crippen LogP contribution in [0.1, 0.15) is 37.7 Å². The van der Waals surface area contributed by atoms with E-state index in [0.29, 0.717) is 27.4 Å². The van der Waals surface area contributed by atoms with Crippen LogP contribution in [0, 0.1) is 18.8 Å². The number of rotatable bonds is 4. The summed E-state index contributed by atoms with van der Waals surface area (Å²) in [5, 5.41) is 7.07. The SMILES string of the molecule is Cc1cc(C(=O)Nc2ccccc2C#Cc2cncc(C(=O)N=[S@@](C)(=O)c3ccccc3)c2)n(C)n1. The molecule has 2 aromatic heterocycles. The van der Waals surface area contributed by atoms with Gasteiger partial charge in [-0.05, 0) is 43.3 Å². The maximum Gasteiger partial charge on any atom is 0.286 e. The number of pyridine rings is 1. The van der Waals surface area contributed by atoms with Gasteiger partial charge in [-0.25, -0.2) is 4.21 Å². The summed E-state index contributed by atoms with van der Waals surface area (Å²) in [5.41, 5.74) is 2.95. The summed E-state index contributed by atoms with van der Waals surface area (Å²) in [6.07, 6.45) is 4.31. The van der Waals surface area contributed by atoms with Gasteiger partial charge in [0.1, 0.15) is 5.69 Å². The second kappa shape index (κ2) is 10.4. The first-order valence-electron chi connectivity index (χ1n) is 10.9. The molecule has 1 N–H and O–H groups in total. The van der Waals surface area contributed by atoms with Crippen molar-refractivity contribution < 1.29 is 13.8 Å². The first kappa shape index (κ1) is 24.6. The molecule has 0 aliphatic rings. The number of hydrogen-bond donors (Lipinski definition) is 1. The molecule has 180 valence electrons. The maximum absolute atomic E-state index is 12.9. The number of aromatic nitrogens is 3. The summed E-state index contributed by atoms with van der Waals surface area (Å²) in [4.78, 5) is 30.0. The Kier molecular flexibility index (Phi) is 7.08. The molecule has 1 atom stereocenters. The average molecular weight is 498 g/mol. The van der Waals surface area contributed by atoms with Gasteiger partial charge in [-0.2, -0.15) is 9.46 Å². The molecule has 2 aromatic carbocycles. The van der Waals surface area contributed by atoms with Crippen molar-refractivity contribution in [3.05, 3.63) is 107 Å². The number of amides is 2. The fourth-order valence-electron chi connectivity index (χ4n) is 3.41. The van der Waals surface area contributed by atoms with Gasteiger partial charge in [0.25, 0.3) is 11.8 Å². The van der Waals surface area contributed by atoms with Gasteiger partial charge in [0, 0.05) is 41.7 Å². The average Bonchev–Trinajstić information content (AvgIpc) is 3.22. The van der Waals surface area contributed by atoms with E-state index in [9.17, 15) is 13.8 Å². The highest BCUT2D eigenvalue weighted by molar-refractivity contribution is 7.93. The largest absolute Gasteiger partial charge is 0.320 e. The summed E-state index contributed by atoms with van der Waals surface area (Å²) in [6, 6.07) is 19.0. The van der Waals surface area contributed by atoms with Crippen molar-refractivity contribution in [1.82, 2.24) is 14.8 Å². The van der Waals surface area contributed by atoms with E-state index in [-0.39, 0.29) is 11.5 Å². The van der Waals surface area contributed by atoms with Crippen LogP contribution in [0.25, 0.3) is 0 Å². The Morgan fingerprint density at radius 3 is 2.44 bits per heavy atom. The zero-order valence-electron chi connectivity index (χ0n) is 19.9. The molecule has 0 unspecified atom stereocenters. The number of nitrogens with one attached hydrogen (secondary N) is 1. The molecule has 4 rings (SSSR count). The molecule has 9 heteroatoms. The van der Waals surface area contributed by atoms with Crippen LogP contribution in [0.2, 0.25) is 0 Å². The summed E-state index contributed by atoms with van der Waals surface area (Å²) >= 11 is 0. The quantitative estimate of drug-likeness (QED) is 0.428. The van der Waals surface area contributed by atoms with Crippen molar-refractivity contribution in [2.45, 2.75) is 11.8 Å². The standard InChI is InChI=1S/C27H23N5O3S/c1-19-15-25(32(2)30-19)27(34)29-24-12-8-7-9-21(24)14-13-20-16-22(18-28-17-20)26(33)31-36(3,35)23-10-5-4-6-11-23/h4-12,15-18H,1-3H3,(H,29,34)/t36-/m0/s1. The van der Waals surface area contributed by atoms with E-state index in [0.717, 1.165) is 5.69 Å². The molecule has 2 amide bonds. The first-order valence-corrected chi connectivity index (χ1v) is 12.8. The molecule has 0 bridgehead atoms. The summed E-state index contributed by atoms with van der Waals surface area (Å²) in [5.74, 6) is 5.06. The zero-order chi connectivity index (χ0) is 25.7. The topological polar surface area (TPSA) is 106 Å². The van der Waals surface area contributed by atoms with Crippen LogP contribution in [0.3, 0.4) is 0 Å². The smallest absolute Gasteiger partial charge is 0.286 e. The molecule has 0 spiro atoms. The minimum atomic E-state index is -2.90. The van der Waals surface area contributed by atoms with E-state index in [4.69, 9.17) is 0 Å². The third kappa shape index (κ3) is 5.74. The normalized spacial score (nSPS) is 12.1. The van der Waals surface area contributed by atoms with Crippen LogP contribution in [-0.2, 0) is 16.8 Å². The van der Waals surface area contributed by atoms with Gasteiger partial charge in [0.15, 0.2) is 0 Å². The van der Waals surface area contributed by atoms with Crippen molar-refractivity contribution in [1.29, 1.82) is 0 Å². The van der Waals surface area contributed by atoms with Gasteiger partial charge in [-0.3, -0.25) is 19.3 Å². The minimum Gasteiger partial charge on any atom is -0.320 e. The highest BCUT2D eigenvalue weighted by Gasteiger charge is 2.14. The highest BCUT2D eigenvalue weighted by Crippen LogP contribution is 2.17. The molecule has 0 aliphatic carbocycles. The summed E-state index contributed by atoms with van der Waals surface area (Å²) in [7, 11) is -1.20. The third-order valence-corrected chi connectivity index (χ3v) is 6.84. The number of carbonyl (C=O) groups is 2. The molecule has 8 nitrogen and oxygen atoms in total. The Balaban J connectivity index is 1.58. The number of benzene rings is 2. The second-order valence-corrected chi connectivity index (χ2v) is 10.3. The fourth-order valence-corrected chi connectivity index (χ4v) is 4.60. The Morgan fingerprint density at radius 2 is 1.72 bits per heavy atom. The van der Waals surface area contributed by atoms with Gasteiger partial charge in [-0.15, -0.1) is 0 Å². The molecule has 0 aliphatic heterocycles. The number of carbonyl (C=O) groups excluding carboxylic acids is 2. The Hall–Kier alpha value is -4.55. The third-order valence-electron chi connectivity index (χ3n) is 5.17. The van der Waals surface area contributed by atoms with Crippen LogP contribution >= 0.6 is 0 Å². The van der Waals surface area contributed by atoms with E-state index in [1.807, 2.05) is 13.0 Å². The van der Waals surface area contributed by atoms with E-state index < -0.39 is 15.6 Å². The molecule has 2 heterocycles. The lowest BCUT2D eigenvalue weighted by Gasteiger charge is -2.07. The lowest BCUT2D eigenvalue weighted by atomic mass is 10.1. The van der Waals surface area contributed by atoms with Crippen molar-refractivity contribution in [3.8, 4) is 11.8 Å². The number of nitrogens with zero attached hydrogens (tertiary/aromatic N) is 4. The Labute approximate surface area is 209 Å². The van der Waals surface area contributed by atoms with Crippen molar-refractivity contribution in [2.24, 2.45) is 11.4 Å². The van der Waals surface area contributed by atoms with Crippen molar-refractivity contribution in [3.63, 3.8) is 0 Å². The number of hydrogen-bond acceptors (Lipinski definition) is 5. The molecule has 0 saturated carbocycles. The number of anilines is 1. The molecule has 0 radical (unpaired) electrons. The van der Waals surface area contributed by atoms with Gasteiger partial charge in [0.05, 0.1) is 26.7 Å². The number of aryl methyl sites for hydroxylation is 2. The van der Waals surface area contributed by atoms with Crippen molar-refractivity contribution >= 4 is 27.2 Å². The zero-order valence-corrected chi connectivity index (χ0v) is 20.7. The van der Waals surface area contributed by atoms with Gasteiger partial charge in [0.2, 0.25) is 0 Å². The van der Waals surface area contributed by atoms with Gasteiger partial charge in [-0.1, -0.05) is 42.2 Å². The van der Waals surface area contributed by atoms with E-state index in [2.05, 4.69) is 31.6 Å². The predicted molar refractivity (Wildman–Crippen MR) is 138 cm³/mol. The molecule has 36 heavy (non-hydrogen) atoms. The maximum atomic E-state index is 12.9. The molecular formula is C27H23N5O3S. The predicted octanol–water partition coefficient (Wildman–Crippen LogP) is 4.07. The van der Waals surface area contributed by atoms with Crippen LogP contribution in [0.5, 0.6) is 0 Å². The molecule has 4 aromatic rings. The molecule has 0 fully saturated rings. The molecule has 0 saturated heterocycles. The number of para-hydroxylation sites is 1. The van der Waals surface area contributed by atoms with E-state index in [1.54, 1.807) is 67.7 Å². The van der Waals surface area contributed by atoms with E-state index in [1.165, 1.54) is 23.3 Å². The van der Waals surface area contributed by atoms with E-state index >= 15 is 0 Å². The first-order chi connectivity index (χ1) is 17.2. The monoisotopic (exact) mass is 497 g/mol. The van der Waals surface area contributed by atoms with Crippen LogP contribution in [-0.4, -0.2) is 37.0 Å². The van der Waals surface area contributed by atoms with Crippen LogP contribution in [0.4, 0.5) is 5.69 Å². The fraction of sp³-hybridized carbons (Fsp3) is 0.111. The summed E-state index contributed by atoms with van der Waals surface area (Å²) in [6.45, 7) is 1.82. The van der Waals surface area contributed by atoms with Crippen LogP contribution < -0.4 is 5.32 Å². The summed E-state index contributed by atoms with van der Waals surface area (Å²) < 4.78 is 18.4. The van der Waals surface area contributed by atoms with Crippen LogP contribution in [0.15, 0.2) is 88.4 Å².